The Morgan fingerprint density at radius 3 is 2.71 bits per heavy atom. The quantitative estimate of drug-likeness (QED) is 0.617. The van der Waals surface area contributed by atoms with Gasteiger partial charge < -0.3 is 21.3 Å². The summed E-state index contributed by atoms with van der Waals surface area (Å²) in [5, 5.41) is 22.4. The second-order valence-electron chi connectivity index (χ2n) is 4.15. The summed E-state index contributed by atoms with van der Waals surface area (Å²) in [4.78, 5) is 0. The zero-order valence-electron chi connectivity index (χ0n) is 9.77. The predicted octanol–water partition coefficient (Wildman–Crippen LogP) is 1.08. The highest BCUT2D eigenvalue weighted by Gasteiger charge is 2.16. The lowest BCUT2D eigenvalue weighted by molar-refractivity contribution is -0.256. The van der Waals surface area contributed by atoms with Crippen LogP contribution in [0.5, 0.6) is 5.75 Å². The van der Waals surface area contributed by atoms with Crippen LogP contribution in [-0.4, -0.2) is 23.3 Å². The first kappa shape index (κ1) is 11.7. The lowest BCUT2D eigenvalue weighted by atomic mass is 9.95. The van der Waals surface area contributed by atoms with Gasteiger partial charge in [-0.15, -0.1) is 0 Å². The minimum absolute atomic E-state index is 0.0144. The van der Waals surface area contributed by atoms with Gasteiger partial charge in [-0.3, -0.25) is 0 Å². The SMILES string of the molecule is CNC1CC=C(c2ccc([NH3+])c(O)c2)C=C1O. The molecule has 1 aromatic carbocycles. The van der Waals surface area contributed by atoms with Gasteiger partial charge in [0, 0.05) is 6.07 Å². The molecule has 2 rings (SSSR count). The van der Waals surface area contributed by atoms with Crippen LogP contribution in [0.2, 0.25) is 0 Å². The third kappa shape index (κ3) is 2.33. The Kier molecular flexibility index (Phi) is 3.17. The molecule has 4 nitrogen and oxygen atoms in total. The van der Waals surface area contributed by atoms with E-state index in [2.05, 4.69) is 11.1 Å². The summed E-state index contributed by atoms with van der Waals surface area (Å²) in [7, 11) is 1.82. The number of hydrogen-bond donors (Lipinski definition) is 4. The van der Waals surface area contributed by atoms with Crippen molar-refractivity contribution in [3.05, 3.63) is 41.7 Å². The molecule has 0 bridgehead atoms. The number of allylic oxidation sites excluding steroid dienone is 2. The summed E-state index contributed by atoms with van der Waals surface area (Å²) in [5.41, 5.74) is 6.11. The standard InChI is InChI=1S/C13H16N2O2/c1-15-11-5-3-9(7-13(11)17)8-2-4-10(14)12(16)6-8/h2-4,6-7,11,15-17H,5,14H2,1H3/p+1. The van der Waals surface area contributed by atoms with Crippen LogP contribution in [-0.2, 0) is 0 Å². The summed E-state index contributed by atoms with van der Waals surface area (Å²) >= 11 is 0. The average Bonchev–Trinajstić information content (AvgIpc) is 2.32. The number of rotatable bonds is 2. The molecule has 0 saturated carbocycles. The van der Waals surface area contributed by atoms with E-state index in [0.717, 1.165) is 17.6 Å². The summed E-state index contributed by atoms with van der Waals surface area (Å²) in [6, 6.07) is 5.30. The largest absolute Gasteiger partial charge is 0.511 e. The fourth-order valence-corrected chi connectivity index (χ4v) is 1.89. The molecule has 0 amide bonds. The number of hydrogen-bond acceptors (Lipinski definition) is 3. The predicted molar refractivity (Wildman–Crippen MR) is 66.8 cm³/mol. The van der Waals surface area contributed by atoms with E-state index < -0.39 is 0 Å². The van der Waals surface area contributed by atoms with Crippen molar-refractivity contribution < 1.29 is 15.9 Å². The van der Waals surface area contributed by atoms with Crippen molar-refractivity contribution in [3.63, 3.8) is 0 Å². The highest BCUT2D eigenvalue weighted by Crippen LogP contribution is 2.28. The van der Waals surface area contributed by atoms with Crippen molar-refractivity contribution in [3.8, 4) is 5.75 Å². The Morgan fingerprint density at radius 2 is 2.12 bits per heavy atom. The van der Waals surface area contributed by atoms with Gasteiger partial charge >= 0.3 is 0 Å². The summed E-state index contributed by atoms with van der Waals surface area (Å²) in [5.74, 6) is 0.496. The number of quaternary nitrogens is 1. The first-order chi connectivity index (χ1) is 8.11. The molecular weight excluding hydrogens is 216 g/mol. The molecule has 17 heavy (non-hydrogen) atoms. The van der Waals surface area contributed by atoms with Gasteiger partial charge in [-0.05, 0) is 42.8 Å². The van der Waals surface area contributed by atoms with Gasteiger partial charge in [-0.25, -0.2) is 0 Å². The van der Waals surface area contributed by atoms with Gasteiger partial charge in [-0.1, -0.05) is 6.08 Å². The molecule has 90 valence electrons. The van der Waals surface area contributed by atoms with E-state index in [9.17, 15) is 10.2 Å². The molecule has 0 fully saturated rings. The van der Waals surface area contributed by atoms with E-state index in [4.69, 9.17) is 0 Å². The van der Waals surface area contributed by atoms with Crippen molar-refractivity contribution in [2.45, 2.75) is 12.5 Å². The monoisotopic (exact) mass is 233 g/mol. The van der Waals surface area contributed by atoms with Crippen LogP contribution in [0, 0.1) is 0 Å². The number of aliphatic hydroxyl groups is 1. The van der Waals surface area contributed by atoms with Crippen molar-refractivity contribution in [1.82, 2.24) is 5.32 Å². The number of aliphatic hydroxyl groups excluding tert-OH is 1. The van der Waals surface area contributed by atoms with Crippen LogP contribution in [0.1, 0.15) is 12.0 Å². The number of likely N-dealkylation sites (N-methyl/N-ethyl adjacent to an activating group) is 1. The summed E-state index contributed by atoms with van der Waals surface area (Å²) in [6.07, 6.45) is 4.50. The normalized spacial score (nSPS) is 19.8. The zero-order chi connectivity index (χ0) is 12.4. The first-order valence-electron chi connectivity index (χ1n) is 5.55. The number of nitrogens with one attached hydrogen (secondary N) is 1. The highest BCUT2D eigenvalue weighted by molar-refractivity contribution is 5.77. The number of benzene rings is 1. The molecule has 1 aromatic rings. The average molecular weight is 233 g/mol. The van der Waals surface area contributed by atoms with E-state index in [-0.39, 0.29) is 11.8 Å². The molecule has 1 unspecified atom stereocenters. The molecule has 0 spiro atoms. The van der Waals surface area contributed by atoms with Crippen LogP contribution in [0.4, 0.5) is 5.69 Å². The molecule has 0 aromatic heterocycles. The van der Waals surface area contributed by atoms with Crippen molar-refractivity contribution >= 4 is 11.3 Å². The maximum Gasteiger partial charge on any atom is 0.177 e. The first-order valence-corrected chi connectivity index (χ1v) is 5.55. The van der Waals surface area contributed by atoms with Crippen LogP contribution in [0.3, 0.4) is 0 Å². The maximum absolute atomic E-state index is 9.81. The van der Waals surface area contributed by atoms with Gasteiger partial charge in [0.05, 0.1) is 6.04 Å². The lowest BCUT2D eigenvalue weighted by Gasteiger charge is -2.19. The van der Waals surface area contributed by atoms with Gasteiger partial charge in [-0.2, -0.15) is 0 Å². The van der Waals surface area contributed by atoms with E-state index in [0.29, 0.717) is 11.4 Å². The van der Waals surface area contributed by atoms with Crippen molar-refractivity contribution in [2.75, 3.05) is 7.05 Å². The van der Waals surface area contributed by atoms with Gasteiger partial charge in [0.25, 0.3) is 0 Å². The molecule has 0 heterocycles. The van der Waals surface area contributed by atoms with Crippen molar-refractivity contribution in [1.29, 1.82) is 0 Å². The smallest absolute Gasteiger partial charge is 0.177 e. The molecule has 0 aliphatic heterocycles. The van der Waals surface area contributed by atoms with Gasteiger partial charge in [0.15, 0.2) is 11.4 Å². The Bertz CT molecular complexity index is 492. The summed E-state index contributed by atoms with van der Waals surface area (Å²) in [6.45, 7) is 0. The Hall–Kier alpha value is -1.78. The van der Waals surface area contributed by atoms with Crippen molar-refractivity contribution in [2.24, 2.45) is 0 Å². The number of phenols is 1. The Labute approximate surface area is 100 Å². The van der Waals surface area contributed by atoms with Crippen LogP contribution in [0.15, 0.2) is 36.1 Å². The Morgan fingerprint density at radius 1 is 1.35 bits per heavy atom. The van der Waals surface area contributed by atoms with E-state index in [1.165, 1.54) is 0 Å². The second-order valence-corrected chi connectivity index (χ2v) is 4.15. The lowest BCUT2D eigenvalue weighted by Crippen LogP contribution is -2.40. The minimum Gasteiger partial charge on any atom is -0.511 e. The van der Waals surface area contributed by atoms with E-state index >= 15 is 0 Å². The molecule has 0 radical (unpaired) electrons. The van der Waals surface area contributed by atoms with Gasteiger partial charge in [0.2, 0.25) is 0 Å². The fourth-order valence-electron chi connectivity index (χ4n) is 1.89. The third-order valence-electron chi connectivity index (χ3n) is 3.00. The van der Waals surface area contributed by atoms with E-state index in [1.807, 2.05) is 19.2 Å². The third-order valence-corrected chi connectivity index (χ3v) is 3.00. The Balaban J connectivity index is 2.30. The maximum atomic E-state index is 9.81. The zero-order valence-corrected chi connectivity index (χ0v) is 9.77. The second kappa shape index (κ2) is 4.61. The summed E-state index contributed by atoms with van der Waals surface area (Å²) < 4.78 is 0. The van der Waals surface area contributed by atoms with E-state index in [1.54, 1.807) is 18.2 Å². The molecular formula is C13H17N2O2+. The fraction of sp³-hybridized carbons (Fsp3) is 0.231. The van der Waals surface area contributed by atoms with Gasteiger partial charge in [0.1, 0.15) is 5.76 Å². The topological polar surface area (TPSA) is 80.1 Å². The number of aromatic hydroxyl groups is 1. The van der Waals surface area contributed by atoms with Crippen LogP contribution in [0.25, 0.3) is 5.57 Å². The highest BCUT2D eigenvalue weighted by atomic mass is 16.3. The molecule has 4 heteroatoms. The number of phenolic OH excluding ortho intramolecular Hbond substituents is 1. The molecule has 1 aliphatic carbocycles. The minimum atomic E-state index is -0.0144. The molecule has 0 saturated heterocycles. The molecule has 1 aliphatic rings. The van der Waals surface area contributed by atoms with Crippen LogP contribution >= 0.6 is 0 Å². The van der Waals surface area contributed by atoms with Crippen LogP contribution < -0.4 is 11.1 Å². The molecule has 1 atom stereocenters. The molecule has 6 N–H and O–H groups in total.